The normalized spacial score (nSPS) is 9.85. The maximum atomic E-state index is 11.7. The van der Waals surface area contributed by atoms with Gasteiger partial charge in [-0.05, 0) is 12.1 Å². The van der Waals surface area contributed by atoms with Crippen LogP contribution >= 0.6 is 11.3 Å². The van der Waals surface area contributed by atoms with Crippen molar-refractivity contribution in [2.45, 2.75) is 19.5 Å². The van der Waals surface area contributed by atoms with E-state index in [0.29, 0.717) is 26.1 Å². The van der Waals surface area contributed by atoms with Crippen LogP contribution in [0.15, 0.2) is 30.9 Å². The highest BCUT2D eigenvalue weighted by molar-refractivity contribution is 7.12. The third kappa shape index (κ3) is 4.53. The Hall–Kier alpha value is -2.10. The van der Waals surface area contributed by atoms with Gasteiger partial charge in [-0.2, -0.15) is 0 Å². The van der Waals surface area contributed by atoms with Gasteiger partial charge in [-0.25, -0.2) is 4.98 Å². The lowest BCUT2D eigenvalue weighted by Gasteiger charge is -2.04. The Morgan fingerprint density at radius 2 is 2.40 bits per heavy atom. The van der Waals surface area contributed by atoms with Crippen molar-refractivity contribution in [1.82, 2.24) is 14.9 Å². The van der Waals surface area contributed by atoms with Gasteiger partial charge in [0.2, 0.25) is 5.91 Å². The lowest BCUT2D eigenvalue weighted by Crippen LogP contribution is -2.23. The summed E-state index contributed by atoms with van der Waals surface area (Å²) in [5.74, 6) is 5.82. The molecule has 0 spiro atoms. The highest BCUT2D eigenvalue weighted by Crippen LogP contribution is 2.14. The van der Waals surface area contributed by atoms with Crippen LogP contribution in [-0.2, 0) is 17.9 Å². The van der Waals surface area contributed by atoms with Gasteiger partial charge >= 0.3 is 0 Å². The summed E-state index contributed by atoms with van der Waals surface area (Å²) in [5.41, 5.74) is 5.32. The van der Waals surface area contributed by atoms with Crippen LogP contribution in [-0.4, -0.2) is 22.0 Å². The SMILES string of the molecule is NCC#Cc1ccc(CNC(=O)CCn2ccnc2)s1. The first-order valence-electron chi connectivity index (χ1n) is 6.28. The van der Waals surface area contributed by atoms with Crippen molar-refractivity contribution in [3.63, 3.8) is 0 Å². The van der Waals surface area contributed by atoms with E-state index in [1.165, 1.54) is 0 Å². The number of nitrogens with two attached hydrogens (primary N) is 1. The second kappa shape index (κ2) is 7.48. The second-order valence-electron chi connectivity index (χ2n) is 4.10. The molecule has 2 rings (SSSR count). The molecule has 0 radical (unpaired) electrons. The van der Waals surface area contributed by atoms with E-state index in [2.05, 4.69) is 22.1 Å². The molecule has 20 heavy (non-hydrogen) atoms. The Labute approximate surface area is 121 Å². The summed E-state index contributed by atoms with van der Waals surface area (Å²) in [5, 5.41) is 2.90. The quantitative estimate of drug-likeness (QED) is 0.805. The van der Waals surface area contributed by atoms with Crippen LogP contribution < -0.4 is 11.1 Å². The molecule has 1 amide bonds. The van der Waals surface area contributed by atoms with Crippen LogP contribution in [0.1, 0.15) is 16.2 Å². The minimum absolute atomic E-state index is 0.0293. The van der Waals surface area contributed by atoms with Crippen molar-refractivity contribution in [3.8, 4) is 11.8 Å². The van der Waals surface area contributed by atoms with Gasteiger partial charge in [0.15, 0.2) is 0 Å². The number of carbonyl (C=O) groups is 1. The van der Waals surface area contributed by atoms with E-state index in [1.807, 2.05) is 22.9 Å². The zero-order valence-electron chi connectivity index (χ0n) is 11.0. The summed E-state index contributed by atoms with van der Waals surface area (Å²) in [7, 11) is 0. The first-order chi connectivity index (χ1) is 9.78. The molecule has 2 aromatic heterocycles. The molecular formula is C14H16N4OS. The smallest absolute Gasteiger partial charge is 0.222 e. The highest BCUT2D eigenvalue weighted by atomic mass is 32.1. The topological polar surface area (TPSA) is 72.9 Å². The molecule has 2 aromatic rings. The van der Waals surface area contributed by atoms with E-state index in [0.717, 1.165) is 9.75 Å². The van der Waals surface area contributed by atoms with Gasteiger partial charge in [0.05, 0.1) is 24.3 Å². The van der Waals surface area contributed by atoms with Crippen molar-refractivity contribution in [2.75, 3.05) is 6.54 Å². The molecular weight excluding hydrogens is 272 g/mol. The van der Waals surface area contributed by atoms with Gasteiger partial charge < -0.3 is 15.6 Å². The van der Waals surface area contributed by atoms with Gasteiger partial charge in [0.1, 0.15) is 0 Å². The Morgan fingerprint density at radius 1 is 1.50 bits per heavy atom. The van der Waals surface area contributed by atoms with Crippen molar-refractivity contribution in [3.05, 3.63) is 40.6 Å². The van der Waals surface area contributed by atoms with Crippen molar-refractivity contribution >= 4 is 17.2 Å². The molecule has 0 aliphatic heterocycles. The molecule has 2 heterocycles. The Bertz CT molecular complexity index is 607. The molecule has 0 saturated carbocycles. The van der Waals surface area contributed by atoms with Crippen molar-refractivity contribution in [1.29, 1.82) is 0 Å². The molecule has 104 valence electrons. The maximum Gasteiger partial charge on any atom is 0.222 e. The molecule has 3 N–H and O–H groups in total. The van der Waals surface area contributed by atoms with E-state index in [9.17, 15) is 4.79 Å². The van der Waals surface area contributed by atoms with E-state index >= 15 is 0 Å². The van der Waals surface area contributed by atoms with Gasteiger partial charge in [0, 0.05) is 30.2 Å². The monoisotopic (exact) mass is 288 g/mol. The number of nitrogens with zero attached hydrogens (tertiary/aromatic N) is 2. The Balaban J connectivity index is 1.74. The number of hydrogen-bond donors (Lipinski definition) is 2. The number of nitrogens with one attached hydrogen (secondary N) is 1. The summed E-state index contributed by atoms with van der Waals surface area (Å²) in [6.07, 6.45) is 5.69. The molecule has 0 aliphatic carbocycles. The Morgan fingerprint density at radius 3 is 3.15 bits per heavy atom. The van der Waals surface area contributed by atoms with E-state index in [1.54, 1.807) is 23.9 Å². The van der Waals surface area contributed by atoms with E-state index in [4.69, 9.17) is 5.73 Å². The lowest BCUT2D eigenvalue weighted by molar-refractivity contribution is -0.121. The highest BCUT2D eigenvalue weighted by Gasteiger charge is 2.03. The number of hydrogen-bond acceptors (Lipinski definition) is 4. The molecule has 0 fully saturated rings. The minimum atomic E-state index is 0.0293. The summed E-state index contributed by atoms with van der Waals surface area (Å²) in [4.78, 5) is 17.7. The number of rotatable bonds is 5. The summed E-state index contributed by atoms with van der Waals surface area (Å²) >= 11 is 1.57. The van der Waals surface area contributed by atoms with Gasteiger partial charge in [-0.15, -0.1) is 11.3 Å². The first-order valence-corrected chi connectivity index (χ1v) is 7.09. The lowest BCUT2D eigenvalue weighted by atomic mass is 10.3. The minimum Gasteiger partial charge on any atom is -0.351 e. The summed E-state index contributed by atoms with van der Waals surface area (Å²) in [6, 6.07) is 3.92. The molecule has 0 aliphatic rings. The third-order valence-electron chi connectivity index (χ3n) is 2.59. The predicted molar refractivity (Wildman–Crippen MR) is 78.9 cm³/mol. The fourth-order valence-corrected chi connectivity index (χ4v) is 2.42. The summed E-state index contributed by atoms with van der Waals surface area (Å²) in [6.45, 7) is 1.54. The van der Waals surface area contributed by atoms with E-state index < -0.39 is 0 Å². The fraction of sp³-hybridized carbons (Fsp3) is 0.286. The van der Waals surface area contributed by atoms with Gasteiger partial charge in [0.25, 0.3) is 0 Å². The molecule has 0 unspecified atom stereocenters. The first kappa shape index (κ1) is 14.3. The molecule has 0 aromatic carbocycles. The van der Waals surface area contributed by atoms with Gasteiger partial charge in [-0.3, -0.25) is 4.79 Å². The zero-order chi connectivity index (χ0) is 14.2. The standard InChI is InChI=1S/C14H16N4OS/c15-6-1-2-12-3-4-13(20-12)10-17-14(19)5-8-18-9-7-16-11-18/h3-4,7,9,11H,5-6,8,10,15H2,(H,17,19). The number of carbonyl (C=O) groups excluding carboxylic acids is 1. The van der Waals surface area contributed by atoms with Crippen LogP contribution in [0, 0.1) is 11.8 Å². The second-order valence-corrected chi connectivity index (χ2v) is 5.27. The van der Waals surface area contributed by atoms with Crippen LogP contribution in [0.3, 0.4) is 0 Å². The summed E-state index contributed by atoms with van der Waals surface area (Å²) < 4.78 is 1.88. The number of thiophene rings is 1. The number of imidazole rings is 1. The van der Waals surface area contributed by atoms with Crippen LogP contribution in [0.2, 0.25) is 0 Å². The van der Waals surface area contributed by atoms with Crippen molar-refractivity contribution < 1.29 is 4.79 Å². The molecule has 0 atom stereocenters. The third-order valence-corrected chi connectivity index (χ3v) is 3.59. The number of aromatic nitrogens is 2. The average molecular weight is 288 g/mol. The maximum absolute atomic E-state index is 11.7. The molecule has 5 nitrogen and oxygen atoms in total. The molecule has 6 heteroatoms. The van der Waals surface area contributed by atoms with Crippen LogP contribution in [0.25, 0.3) is 0 Å². The zero-order valence-corrected chi connectivity index (χ0v) is 11.8. The molecule has 0 bridgehead atoms. The molecule has 0 saturated heterocycles. The van der Waals surface area contributed by atoms with Crippen molar-refractivity contribution in [2.24, 2.45) is 5.73 Å². The largest absolute Gasteiger partial charge is 0.351 e. The predicted octanol–water partition coefficient (Wildman–Crippen LogP) is 0.961. The van der Waals surface area contributed by atoms with E-state index in [-0.39, 0.29) is 5.91 Å². The van der Waals surface area contributed by atoms with Crippen LogP contribution in [0.4, 0.5) is 0 Å². The average Bonchev–Trinajstić information content (AvgIpc) is 3.12. The number of amides is 1. The number of aryl methyl sites for hydroxylation is 1. The van der Waals surface area contributed by atoms with Crippen LogP contribution in [0.5, 0.6) is 0 Å². The van der Waals surface area contributed by atoms with Gasteiger partial charge in [-0.1, -0.05) is 11.8 Å². The fourth-order valence-electron chi connectivity index (χ4n) is 1.60. The Kier molecular flexibility index (Phi) is 5.35.